The third-order valence-electron chi connectivity index (χ3n) is 3.47. The Morgan fingerprint density at radius 2 is 2.37 bits per heavy atom. The number of thiophene rings is 1. The van der Waals surface area contributed by atoms with Crippen LogP contribution in [0, 0.1) is 0 Å². The summed E-state index contributed by atoms with van der Waals surface area (Å²) >= 11 is 5.75. The molecule has 0 bridgehead atoms. The van der Waals surface area contributed by atoms with Crippen LogP contribution in [0.5, 0.6) is 0 Å². The van der Waals surface area contributed by atoms with Crippen LogP contribution in [0.3, 0.4) is 0 Å². The van der Waals surface area contributed by atoms with Crippen LogP contribution >= 0.6 is 34.9 Å². The highest BCUT2D eigenvalue weighted by Crippen LogP contribution is 2.32. The van der Waals surface area contributed by atoms with Gasteiger partial charge in [-0.15, -0.1) is 11.3 Å². The highest BCUT2D eigenvalue weighted by atomic mass is 32.2. The zero-order valence-electron chi connectivity index (χ0n) is 10.9. The van der Waals surface area contributed by atoms with E-state index in [2.05, 4.69) is 22.8 Å². The molecule has 104 valence electrons. The number of nitrogens with zero attached hydrogens (tertiary/aromatic N) is 1. The lowest BCUT2D eigenvalue weighted by atomic mass is 10.3. The van der Waals surface area contributed by atoms with Gasteiger partial charge in [0.1, 0.15) is 6.17 Å². The number of hydrogen-bond acceptors (Lipinski definition) is 5. The molecule has 0 radical (unpaired) electrons. The van der Waals surface area contributed by atoms with E-state index >= 15 is 0 Å². The molecular formula is C13H18N2OS3. The van der Waals surface area contributed by atoms with E-state index in [0.717, 1.165) is 6.54 Å². The normalized spacial score (nSPS) is 31.9. The molecule has 2 fully saturated rings. The maximum atomic E-state index is 12.3. The molecule has 2 aliphatic rings. The van der Waals surface area contributed by atoms with Gasteiger partial charge in [0.15, 0.2) is 0 Å². The van der Waals surface area contributed by atoms with Crippen molar-refractivity contribution >= 4 is 40.8 Å². The molecule has 3 nitrogen and oxygen atoms in total. The van der Waals surface area contributed by atoms with E-state index in [-0.39, 0.29) is 18.1 Å². The molecule has 6 heteroatoms. The van der Waals surface area contributed by atoms with Gasteiger partial charge in [-0.2, -0.15) is 23.5 Å². The molecule has 3 rings (SSSR count). The number of carbonyl (C=O) groups excluding carboxylic acids is 1. The van der Waals surface area contributed by atoms with Crippen LogP contribution in [0.4, 0.5) is 0 Å². The largest absolute Gasteiger partial charge is 0.320 e. The molecule has 2 saturated heterocycles. The summed E-state index contributed by atoms with van der Waals surface area (Å²) < 4.78 is 0. The Kier molecular flexibility index (Phi) is 4.41. The van der Waals surface area contributed by atoms with Gasteiger partial charge in [-0.1, -0.05) is 6.07 Å². The fourth-order valence-corrected chi connectivity index (χ4v) is 5.97. The molecule has 0 saturated carbocycles. The van der Waals surface area contributed by atoms with Gasteiger partial charge in [0.2, 0.25) is 5.91 Å². The first-order chi connectivity index (χ1) is 9.25. The zero-order chi connectivity index (χ0) is 13.2. The van der Waals surface area contributed by atoms with Gasteiger partial charge in [-0.05, 0) is 18.4 Å². The Hall–Kier alpha value is -0.170. The van der Waals surface area contributed by atoms with E-state index in [0.29, 0.717) is 5.25 Å². The van der Waals surface area contributed by atoms with Crippen molar-refractivity contribution in [1.29, 1.82) is 0 Å². The van der Waals surface area contributed by atoms with Crippen LogP contribution in [0.1, 0.15) is 18.0 Å². The summed E-state index contributed by atoms with van der Waals surface area (Å²) in [5.74, 6) is 3.87. The minimum atomic E-state index is -0.0617. The molecule has 2 aliphatic heterocycles. The van der Waals surface area contributed by atoms with E-state index in [1.165, 1.54) is 22.1 Å². The minimum Gasteiger partial charge on any atom is -0.320 e. The predicted octanol–water partition coefficient (Wildman–Crippen LogP) is 2.42. The van der Waals surface area contributed by atoms with Crippen molar-refractivity contribution in [3.8, 4) is 0 Å². The molecule has 3 atom stereocenters. The van der Waals surface area contributed by atoms with Crippen LogP contribution in [0.25, 0.3) is 0 Å². The fourth-order valence-electron chi connectivity index (χ4n) is 2.51. The van der Waals surface area contributed by atoms with E-state index in [4.69, 9.17) is 0 Å². The monoisotopic (exact) mass is 314 g/mol. The van der Waals surface area contributed by atoms with E-state index < -0.39 is 0 Å². The summed E-state index contributed by atoms with van der Waals surface area (Å²) in [6.07, 6.45) is 0.0787. The molecule has 0 spiro atoms. The molecule has 0 aliphatic carbocycles. The lowest BCUT2D eigenvalue weighted by Crippen LogP contribution is -2.37. The van der Waals surface area contributed by atoms with E-state index in [1.54, 1.807) is 11.3 Å². The molecule has 3 heterocycles. The Labute approximate surface area is 126 Å². The van der Waals surface area contributed by atoms with Gasteiger partial charge in [-0.3, -0.25) is 10.1 Å². The van der Waals surface area contributed by atoms with Crippen molar-refractivity contribution in [2.45, 2.75) is 24.4 Å². The Bertz CT molecular complexity index is 431. The quantitative estimate of drug-likeness (QED) is 0.929. The summed E-state index contributed by atoms with van der Waals surface area (Å²) in [6, 6.07) is 4.11. The Balaban J connectivity index is 1.73. The second kappa shape index (κ2) is 6.08. The summed E-state index contributed by atoms with van der Waals surface area (Å²) in [5.41, 5.74) is 0. The summed E-state index contributed by atoms with van der Waals surface area (Å²) in [7, 11) is 0. The SMILES string of the molecule is CC1NC(c2cccs2)N(CC2CSCCS2)C1=O. The fraction of sp³-hybridized carbons (Fsp3) is 0.615. The predicted molar refractivity (Wildman–Crippen MR) is 84.9 cm³/mol. The lowest BCUT2D eigenvalue weighted by Gasteiger charge is -2.29. The maximum Gasteiger partial charge on any atom is 0.241 e. The number of hydrogen-bond donors (Lipinski definition) is 1. The third-order valence-corrected chi connectivity index (χ3v) is 7.22. The van der Waals surface area contributed by atoms with Gasteiger partial charge < -0.3 is 4.90 Å². The van der Waals surface area contributed by atoms with Crippen LogP contribution < -0.4 is 5.32 Å². The number of nitrogens with one attached hydrogen (secondary N) is 1. The molecule has 1 N–H and O–H groups in total. The van der Waals surface area contributed by atoms with Gasteiger partial charge in [0, 0.05) is 33.9 Å². The minimum absolute atomic E-state index is 0.0617. The molecule has 1 aromatic heterocycles. The second-order valence-electron chi connectivity index (χ2n) is 4.86. The molecule has 1 aromatic rings. The highest BCUT2D eigenvalue weighted by Gasteiger charge is 2.38. The van der Waals surface area contributed by atoms with Crippen molar-refractivity contribution in [1.82, 2.24) is 10.2 Å². The molecular weight excluding hydrogens is 296 g/mol. The number of carbonyl (C=O) groups is 1. The summed E-state index contributed by atoms with van der Waals surface area (Å²) in [5, 5.41) is 6.07. The van der Waals surface area contributed by atoms with Crippen LogP contribution in [-0.2, 0) is 4.79 Å². The number of rotatable bonds is 3. The van der Waals surface area contributed by atoms with Gasteiger partial charge in [-0.25, -0.2) is 0 Å². The average molecular weight is 315 g/mol. The van der Waals surface area contributed by atoms with Crippen molar-refractivity contribution in [2.75, 3.05) is 23.8 Å². The van der Waals surface area contributed by atoms with E-state index in [9.17, 15) is 4.79 Å². The number of thioether (sulfide) groups is 2. The van der Waals surface area contributed by atoms with Crippen molar-refractivity contribution in [2.24, 2.45) is 0 Å². The van der Waals surface area contributed by atoms with Gasteiger partial charge in [0.25, 0.3) is 0 Å². The van der Waals surface area contributed by atoms with Crippen LogP contribution in [0.15, 0.2) is 17.5 Å². The molecule has 3 unspecified atom stereocenters. The summed E-state index contributed by atoms with van der Waals surface area (Å²) in [6.45, 7) is 2.84. The van der Waals surface area contributed by atoms with Gasteiger partial charge >= 0.3 is 0 Å². The van der Waals surface area contributed by atoms with Gasteiger partial charge in [0.05, 0.1) is 6.04 Å². The molecule has 1 amide bonds. The molecule has 19 heavy (non-hydrogen) atoms. The Morgan fingerprint density at radius 1 is 1.47 bits per heavy atom. The number of amides is 1. The Morgan fingerprint density at radius 3 is 3.05 bits per heavy atom. The third kappa shape index (κ3) is 2.96. The average Bonchev–Trinajstić information content (AvgIpc) is 3.04. The maximum absolute atomic E-state index is 12.3. The van der Waals surface area contributed by atoms with Crippen molar-refractivity contribution < 1.29 is 4.79 Å². The topological polar surface area (TPSA) is 32.3 Å². The van der Waals surface area contributed by atoms with E-state index in [1.807, 2.05) is 35.3 Å². The standard InChI is InChI=1S/C13H18N2OS3/c1-9-13(16)15(7-10-8-17-5-6-18-10)12(14-9)11-3-2-4-19-11/h2-4,9-10,12,14H,5-8H2,1H3. The smallest absolute Gasteiger partial charge is 0.241 e. The molecule has 0 aromatic carbocycles. The van der Waals surface area contributed by atoms with Crippen LogP contribution in [0.2, 0.25) is 0 Å². The second-order valence-corrected chi connectivity index (χ2v) is 8.40. The first-order valence-electron chi connectivity index (χ1n) is 6.55. The highest BCUT2D eigenvalue weighted by molar-refractivity contribution is 8.06. The first-order valence-corrected chi connectivity index (χ1v) is 9.63. The van der Waals surface area contributed by atoms with Crippen molar-refractivity contribution in [3.63, 3.8) is 0 Å². The zero-order valence-corrected chi connectivity index (χ0v) is 13.3. The van der Waals surface area contributed by atoms with Crippen molar-refractivity contribution in [3.05, 3.63) is 22.4 Å². The first kappa shape index (κ1) is 13.8. The lowest BCUT2D eigenvalue weighted by molar-refractivity contribution is -0.129. The van der Waals surface area contributed by atoms with Crippen LogP contribution in [-0.4, -0.2) is 45.9 Å². The summed E-state index contributed by atoms with van der Waals surface area (Å²) in [4.78, 5) is 15.6.